The molecule has 0 amide bonds. The number of hydrogen-bond donors (Lipinski definition) is 0. The summed E-state index contributed by atoms with van der Waals surface area (Å²) in [4.78, 5) is 0. The van der Waals surface area contributed by atoms with Gasteiger partial charge in [0.25, 0.3) is 0 Å². The van der Waals surface area contributed by atoms with Crippen molar-refractivity contribution in [1.29, 1.82) is 0 Å². The lowest BCUT2D eigenvalue weighted by Crippen LogP contribution is -2.43. The lowest BCUT2D eigenvalue weighted by molar-refractivity contribution is 0.838. The van der Waals surface area contributed by atoms with E-state index < -0.39 is 16.1 Å². The fourth-order valence-electron chi connectivity index (χ4n) is 3.51. The van der Waals surface area contributed by atoms with Crippen LogP contribution in [0.1, 0.15) is 52.7 Å². The second kappa shape index (κ2) is 8.24. The molecule has 0 unspecified atom stereocenters. The Balaban J connectivity index is 3.13. The van der Waals surface area contributed by atoms with Gasteiger partial charge < -0.3 is 0 Å². The molecule has 0 bridgehead atoms. The number of rotatable bonds is 3. The fraction of sp³-hybridized carbons (Fsp3) is 0.545. The molecule has 0 heterocycles. The fourth-order valence-corrected chi connectivity index (χ4v) is 9.26. The van der Waals surface area contributed by atoms with E-state index in [2.05, 4.69) is 108 Å². The van der Waals surface area contributed by atoms with E-state index in [1.165, 1.54) is 0 Å². The van der Waals surface area contributed by atoms with Crippen molar-refractivity contribution >= 4 is 16.1 Å². The van der Waals surface area contributed by atoms with E-state index in [-0.39, 0.29) is 0 Å². The summed E-state index contributed by atoms with van der Waals surface area (Å²) in [5, 5.41) is 0. The van der Waals surface area contributed by atoms with Crippen molar-refractivity contribution in [3.8, 4) is 22.9 Å². The summed E-state index contributed by atoms with van der Waals surface area (Å²) in [7, 11) is -2.96. The molecule has 1 aromatic rings. The van der Waals surface area contributed by atoms with E-state index >= 15 is 0 Å². The Kier molecular flexibility index (Phi) is 7.15. The van der Waals surface area contributed by atoms with Gasteiger partial charge in [0.15, 0.2) is 0 Å². The van der Waals surface area contributed by atoms with E-state index in [4.69, 9.17) is 0 Å². The van der Waals surface area contributed by atoms with Crippen LogP contribution >= 0.6 is 0 Å². The minimum Gasteiger partial charge on any atom is -0.127 e. The first-order chi connectivity index (χ1) is 11.0. The maximum atomic E-state index is 3.78. The van der Waals surface area contributed by atoms with Gasteiger partial charge >= 0.3 is 0 Å². The highest BCUT2D eigenvalue weighted by Gasteiger charge is 2.41. The predicted molar refractivity (Wildman–Crippen MR) is 115 cm³/mol. The Morgan fingerprint density at radius 3 is 1.25 bits per heavy atom. The van der Waals surface area contributed by atoms with Crippen LogP contribution in [0, 0.1) is 22.9 Å². The smallest absolute Gasteiger partial charge is 0.127 e. The summed E-state index contributed by atoms with van der Waals surface area (Å²) < 4.78 is 0. The third-order valence-corrected chi connectivity index (χ3v) is 11.9. The largest absolute Gasteiger partial charge is 0.146 e. The van der Waals surface area contributed by atoms with E-state index in [0.717, 1.165) is 11.1 Å². The molecule has 0 N–H and O–H groups in total. The van der Waals surface area contributed by atoms with Gasteiger partial charge in [-0.25, -0.2) is 0 Å². The molecule has 24 heavy (non-hydrogen) atoms. The molecule has 0 fully saturated rings. The molecule has 2 heteroatoms. The van der Waals surface area contributed by atoms with E-state index in [0.29, 0.717) is 16.6 Å². The first-order valence-corrected chi connectivity index (χ1v) is 14.9. The molecule has 1 rings (SSSR count). The topological polar surface area (TPSA) is 0 Å². The number of hydrogen-bond acceptors (Lipinski definition) is 0. The average molecular weight is 355 g/mol. The van der Waals surface area contributed by atoms with Crippen LogP contribution in [0.25, 0.3) is 0 Å². The second-order valence-electron chi connectivity index (χ2n) is 8.72. The van der Waals surface area contributed by atoms with Gasteiger partial charge in [-0.15, -0.1) is 11.1 Å². The monoisotopic (exact) mass is 354 g/mol. The first kappa shape index (κ1) is 20.8. The zero-order valence-electron chi connectivity index (χ0n) is 17.0. The zero-order chi connectivity index (χ0) is 18.5. The molecule has 0 aliphatic heterocycles. The maximum absolute atomic E-state index is 3.78. The predicted octanol–water partition coefficient (Wildman–Crippen LogP) is 6.49. The van der Waals surface area contributed by atoms with E-state index in [1.807, 2.05) is 0 Å². The second-order valence-corrected chi connectivity index (χ2v) is 19.1. The summed E-state index contributed by atoms with van der Waals surface area (Å²) in [6.45, 7) is 21.0. The van der Waals surface area contributed by atoms with Crippen LogP contribution in [0.4, 0.5) is 0 Å². The van der Waals surface area contributed by atoms with Crippen molar-refractivity contribution in [1.82, 2.24) is 0 Å². The Bertz CT molecular complexity index is 629. The van der Waals surface area contributed by atoms with Gasteiger partial charge in [-0.2, -0.15) is 0 Å². The molecule has 1 aromatic carbocycles. The third-order valence-electron chi connectivity index (χ3n) is 4.76. The first-order valence-electron chi connectivity index (χ1n) is 9.15. The highest BCUT2D eigenvalue weighted by Crippen LogP contribution is 2.40. The van der Waals surface area contributed by atoms with Gasteiger partial charge in [0, 0.05) is 11.1 Å². The van der Waals surface area contributed by atoms with E-state index in [9.17, 15) is 0 Å². The molecule has 0 spiro atoms. The van der Waals surface area contributed by atoms with Gasteiger partial charge in [-0.3, -0.25) is 0 Å². The Morgan fingerprint density at radius 1 is 0.625 bits per heavy atom. The Morgan fingerprint density at radius 2 is 0.958 bits per heavy atom. The van der Waals surface area contributed by atoms with Gasteiger partial charge in [0.2, 0.25) is 0 Å². The van der Waals surface area contributed by atoms with Crippen molar-refractivity contribution in [2.45, 2.75) is 77.8 Å². The minimum absolute atomic E-state index is 0.673. The Labute approximate surface area is 152 Å². The van der Waals surface area contributed by atoms with Crippen molar-refractivity contribution in [3.05, 3.63) is 35.4 Å². The number of benzene rings is 1. The lowest BCUT2D eigenvalue weighted by atomic mass is 10.1. The normalized spacial score (nSPS) is 12.0. The van der Waals surface area contributed by atoms with Gasteiger partial charge in [0.1, 0.15) is 16.1 Å². The summed E-state index contributed by atoms with van der Waals surface area (Å²) in [5.41, 5.74) is 11.4. The van der Waals surface area contributed by atoms with E-state index in [1.54, 1.807) is 0 Å². The van der Waals surface area contributed by atoms with Crippen LogP contribution in [0.15, 0.2) is 24.3 Å². The molecule has 0 saturated carbocycles. The molecule has 0 saturated heterocycles. The Hall–Kier alpha value is -1.23. The molecular formula is C22H34Si2. The molecule has 0 aromatic heterocycles. The highest BCUT2D eigenvalue weighted by atomic mass is 28.3. The van der Waals surface area contributed by atoms with Crippen molar-refractivity contribution in [3.63, 3.8) is 0 Å². The molecule has 130 valence electrons. The minimum atomic E-state index is -1.65. The van der Waals surface area contributed by atoms with Crippen LogP contribution < -0.4 is 0 Å². The maximum Gasteiger partial charge on any atom is 0.146 e. The van der Waals surface area contributed by atoms with Gasteiger partial charge in [-0.1, -0.05) is 73.0 Å². The van der Waals surface area contributed by atoms with Gasteiger partial charge in [-0.05, 0) is 40.9 Å². The average Bonchev–Trinajstić information content (AvgIpc) is 2.45. The lowest BCUT2D eigenvalue weighted by Gasteiger charge is -2.38. The quantitative estimate of drug-likeness (QED) is 0.430. The molecule has 0 radical (unpaired) electrons. The summed E-state index contributed by atoms with van der Waals surface area (Å²) in [6, 6.07) is 8.48. The molecular weight excluding hydrogens is 320 g/mol. The standard InChI is InChI=1S/C22H34Si2/c1-18(2)24(19(3)4,20(5)6)17-15-22-12-10-21(11-13-22)14-16-23(7,8)9/h10-13,18-20H,1-9H3. The molecule has 0 atom stereocenters. The van der Waals surface area contributed by atoms with Crippen LogP contribution in [0.2, 0.25) is 36.3 Å². The van der Waals surface area contributed by atoms with Crippen LogP contribution in [0.3, 0.4) is 0 Å². The molecule has 0 nitrogen and oxygen atoms in total. The van der Waals surface area contributed by atoms with Crippen molar-refractivity contribution < 1.29 is 0 Å². The summed E-state index contributed by atoms with van der Waals surface area (Å²) in [6.07, 6.45) is 0. The highest BCUT2D eigenvalue weighted by molar-refractivity contribution is 6.90. The van der Waals surface area contributed by atoms with Crippen LogP contribution in [-0.2, 0) is 0 Å². The SMILES string of the molecule is CC(C)[Si](C#Cc1ccc(C#C[Si](C)(C)C)cc1)(C(C)C)C(C)C. The van der Waals surface area contributed by atoms with Gasteiger partial charge in [0.05, 0.1) is 0 Å². The molecule has 0 aliphatic carbocycles. The zero-order valence-corrected chi connectivity index (χ0v) is 19.0. The van der Waals surface area contributed by atoms with Crippen LogP contribution in [-0.4, -0.2) is 16.1 Å². The van der Waals surface area contributed by atoms with Crippen molar-refractivity contribution in [2.75, 3.05) is 0 Å². The molecule has 0 aliphatic rings. The van der Waals surface area contributed by atoms with Crippen LogP contribution in [0.5, 0.6) is 0 Å². The van der Waals surface area contributed by atoms with Crippen molar-refractivity contribution in [2.24, 2.45) is 0 Å². The summed E-state index contributed by atoms with van der Waals surface area (Å²) in [5.74, 6) is 6.81. The third kappa shape index (κ3) is 5.40. The summed E-state index contributed by atoms with van der Waals surface area (Å²) >= 11 is 0.